The summed E-state index contributed by atoms with van der Waals surface area (Å²) in [7, 11) is 0. The molecule has 0 aliphatic heterocycles. The summed E-state index contributed by atoms with van der Waals surface area (Å²) in [6, 6.07) is 17.6. The van der Waals surface area contributed by atoms with E-state index in [0.29, 0.717) is 12.1 Å². The number of nitrogens with zero attached hydrogens (tertiary/aromatic N) is 1. The molecule has 0 spiro atoms. The van der Waals surface area contributed by atoms with Gasteiger partial charge in [-0.15, -0.1) is 0 Å². The molecule has 4 rings (SSSR count). The number of hydrogen-bond acceptors (Lipinski definition) is 3. The molecule has 1 amide bonds. The van der Waals surface area contributed by atoms with Gasteiger partial charge in [-0.25, -0.2) is 0 Å². The number of aromatic nitrogens is 2. The Hall–Kier alpha value is -3.44. The maximum atomic E-state index is 11.9. The number of primary amides is 1. The van der Waals surface area contributed by atoms with Crippen molar-refractivity contribution < 1.29 is 4.79 Å². The second kappa shape index (κ2) is 6.46. The molecule has 2 heterocycles. The Labute approximate surface area is 150 Å². The number of pyridine rings is 1. The van der Waals surface area contributed by atoms with Gasteiger partial charge in [-0.3, -0.25) is 9.78 Å². The van der Waals surface area contributed by atoms with E-state index in [9.17, 15) is 4.79 Å². The van der Waals surface area contributed by atoms with Crippen LogP contribution in [0.15, 0.2) is 67.0 Å². The van der Waals surface area contributed by atoms with Crippen molar-refractivity contribution in [2.45, 2.75) is 6.54 Å². The highest BCUT2D eigenvalue weighted by atomic mass is 16.1. The summed E-state index contributed by atoms with van der Waals surface area (Å²) in [6.45, 7) is 0.440. The fraction of sp³-hybridized carbons (Fsp3) is 0.0476. The second-order valence-electron chi connectivity index (χ2n) is 6.10. The van der Waals surface area contributed by atoms with Crippen LogP contribution in [-0.4, -0.2) is 15.9 Å². The largest absolute Gasteiger partial charge is 0.366 e. The van der Waals surface area contributed by atoms with Gasteiger partial charge in [0.15, 0.2) is 0 Å². The summed E-state index contributed by atoms with van der Waals surface area (Å²) in [6.07, 6.45) is 3.51. The smallest absolute Gasteiger partial charge is 0.250 e. The standard InChI is InChI=1S/C21H18N4O/c22-11-13-4-1-2-6-15(13)16-7-8-17(21(23)26)20-18(16)10-19(25-20)14-5-3-9-24-12-14/h1-10,12,25H,11,22H2,(H2,23,26). The van der Waals surface area contributed by atoms with Crippen LogP contribution in [0.5, 0.6) is 0 Å². The molecule has 2 aromatic heterocycles. The lowest BCUT2D eigenvalue weighted by Gasteiger charge is -2.10. The number of nitrogens with one attached hydrogen (secondary N) is 1. The molecule has 0 atom stereocenters. The molecule has 26 heavy (non-hydrogen) atoms. The lowest BCUT2D eigenvalue weighted by Crippen LogP contribution is -2.11. The van der Waals surface area contributed by atoms with E-state index in [1.807, 2.05) is 48.5 Å². The van der Waals surface area contributed by atoms with Crippen LogP contribution < -0.4 is 11.5 Å². The quantitative estimate of drug-likeness (QED) is 0.530. The predicted molar refractivity (Wildman–Crippen MR) is 103 cm³/mol. The number of rotatable bonds is 4. The van der Waals surface area contributed by atoms with E-state index < -0.39 is 5.91 Å². The number of H-pyrrole nitrogens is 1. The first-order valence-electron chi connectivity index (χ1n) is 8.33. The van der Waals surface area contributed by atoms with Gasteiger partial charge in [-0.1, -0.05) is 30.3 Å². The first-order chi connectivity index (χ1) is 12.7. The normalized spacial score (nSPS) is 11.0. The van der Waals surface area contributed by atoms with Gasteiger partial charge in [0.1, 0.15) is 0 Å². The lowest BCUT2D eigenvalue weighted by atomic mass is 9.95. The molecule has 0 radical (unpaired) electrons. The van der Waals surface area contributed by atoms with Gasteiger partial charge >= 0.3 is 0 Å². The van der Waals surface area contributed by atoms with Crippen molar-refractivity contribution in [2.24, 2.45) is 11.5 Å². The van der Waals surface area contributed by atoms with Crippen LogP contribution >= 0.6 is 0 Å². The molecule has 0 saturated carbocycles. The SMILES string of the molecule is NCc1ccccc1-c1ccc(C(N)=O)c2[nH]c(-c3cccnc3)cc12. The fourth-order valence-electron chi connectivity index (χ4n) is 3.30. The number of amides is 1. The molecule has 0 bridgehead atoms. The molecule has 0 fully saturated rings. The fourth-order valence-corrected chi connectivity index (χ4v) is 3.30. The zero-order valence-corrected chi connectivity index (χ0v) is 14.1. The summed E-state index contributed by atoms with van der Waals surface area (Å²) in [5.74, 6) is -0.465. The van der Waals surface area contributed by atoms with Crippen LogP contribution in [0.1, 0.15) is 15.9 Å². The number of nitrogens with two attached hydrogens (primary N) is 2. The third kappa shape index (κ3) is 2.64. The molecule has 2 aromatic carbocycles. The number of carbonyl (C=O) groups is 1. The van der Waals surface area contributed by atoms with Gasteiger partial charge in [0.2, 0.25) is 0 Å². The molecule has 0 aliphatic carbocycles. The van der Waals surface area contributed by atoms with Crippen molar-refractivity contribution in [3.8, 4) is 22.4 Å². The maximum absolute atomic E-state index is 11.9. The number of aromatic amines is 1. The van der Waals surface area contributed by atoms with Crippen molar-refractivity contribution in [1.29, 1.82) is 0 Å². The Morgan fingerprint density at radius 3 is 2.62 bits per heavy atom. The first-order valence-corrected chi connectivity index (χ1v) is 8.33. The third-order valence-corrected chi connectivity index (χ3v) is 4.56. The molecule has 5 nitrogen and oxygen atoms in total. The predicted octanol–water partition coefficient (Wildman–Crippen LogP) is 3.45. The minimum atomic E-state index is -0.465. The van der Waals surface area contributed by atoms with Crippen LogP contribution in [0, 0.1) is 0 Å². The van der Waals surface area contributed by atoms with Gasteiger partial charge in [0.25, 0.3) is 5.91 Å². The van der Waals surface area contributed by atoms with Crippen molar-refractivity contribution in [3.63, 3.8) is 0 Å². The van der Waals surface area contributed by atoms with E-state index in [0.717, 1.165) is 38.9 Å². The van der Waals surface area contributed by atoms with Gasteiger partial charge in [0.05, 0.1) is 11.1 Å². The monoisotopic (exact) mass is 342 g/mol. The highest BCUT2D eigenvalue weighted by molar-refractivity contribution is 6.10. The Balaban J connectivity index is 2.02. The molecule has 0 unspecified atom stereocenters. The summed E-state index contributed by atoms with van der Waals surface area (Å²) in [5.41, 5.74) is 17.6. The topological polar surface area (TPSA) is 97.8 Å². The number of hydrogen-bond donors (Lipinski definition) is 3. The average molecular weight is 342 g/mol. The highest BCUT2D eigenvalue weighted by Gasteiger charge is 2.16. The molecule has 4 aromatic rings. The Morgan fingerprint density at radius 1 is 1.04 bits per heavy atom. The van der Waals surface area contributed by atoms with Gasteiger partial charge in [-0.05, 0) is 41.0 Å². The maximum Gasteiger partial charge on any atom is 0.250 e. The summed E-state index contributed by atoms with van der Waals surface area (Å²) >= 11 is 0. The third-order valence-electron chi connectivity index (χ3n) is 4.56. The van der Waals surface area contributed by atoms with Crippen LogP contribution in [-0.2, 0) is 6.54 Å². The molecular weight excluding hydrogens is 324 g/mol. The van der Waals surface area contributed by atoms with Crippen molar-refractivity contribution in [2.75, 3.05) is 0 Å². The molecule has 0 saturated heterocycles. The Kier molecular flexibility index (Phi) is 3.99. The summed E-state index contributed by atoms with van der Waals surface area (Å²) in [5, 5.41) is 0.932. The zero-order valence-electron chi connectivity index (χ0n) is 14.1. The summed E-state index contributed by atoms with van der Waals surface area (Å²) in [4.78, 5) is 19.4. The average Bonchev–Trinajstić information content (AvgIpc) is 3.13. The van der Waals surface area contributed by atoms with Crippen LogP contribution in [0.25, 0.3) is 33.3 Å². The molecular formula is C21H18N4O. The second-order valence-corrected chi connectivity index (χ2v) is 6.10. The molecule has 5 N–H and O–H groups in total. The van der Waals surface area contributed by atoms with E-state index in [1.165, 1.54) is 0 Å². The van der Waals surface area contributed by atoms with E-state index >= 15 is 0 Å². The number of benzene rings is 2. The number of fused-ring (bicyclic) bond motifs is 1. The van der Waals surface area contributed by atoms with Crippen LogP contribution in [0.2, 0.25) is 0 Å². The Bertz CT molecular complexity index is 1100. The van der Waals surface area contributed by atoms with Crippen molar-refractivity contribution in [3.05, 3.63) is 78.1 Å². The number of carbonyl (C=O) groups excluding carboxylic acids is 1. The van der Waals surface area contributed by atoms with E-state index in [1.54, 1.807) is 18.5 Å². The minimum Gasteiger partial charge on any atom is -0.366 e. The minimum absolute atomic E-state index is 0.440. The van der Waals surface area contributed by atoms with Crippen molar-refractivity contribution in [1.82, 2.24) is 9.97 Å². The van der Waals surface area contributed by atoms with Gasteiger partial charge in [-0.2, -0.15) is 0 Å². The lowest BCUT2D eigenvalue weighted by molar-refractivity contribution is 0.100. The van der Waals surface area contributed by atoms with Gasteiger partial charge in [0, 0.05) is 35.6 Å². The molecule has 128 valence electrons. The summed E-state index contributed by atoms with van der Waals surface area (Å²) < 4.78 is 0. The highest BCUT2D eigenvalue weighted by Crippen LogP contribution is 2.35. The van der Waals surface area contributed by atoms with E-state index in [4.69, 9.17) is 11.5 Å². The Morgan fingerprint density at radius 2 is 1.88 bits per heavy atom. The molecule has 5 heteroatoms. The first kappa shape index (κ1) is 16.1. The van der Waals surface area contributed by atoms with Crippen LogP contribution in [0.3, 0.4) is 0 Å². The van der Waals surface area contributed by atoms with Gasteiger partial charge < -0.3 is 16.5 Å². The van der Waals surface area contributed by atoms with E-state index in [-0.39, 0.29) is 0 Å². The molecule has 0 aliphatic rings. The van der Waals surface area contributed by atoms with Crippen LogP contribution in [0.4, 0.5) is 0 Å². The van der Waals surface area contributed by atoms with E-state index in [2.05, 4.69) is 9.97 Å². The zero-order chi connectivity index (χ0) is 18.1. The van der Waals surface area contributed by atoms with Crippen molar-refractivity contribution >= 4 is 16.8 Å².